The zero-order chi connectivity index (χ0) is 12.3. The minimum Gasteiger partial charge on any atom is -0.329 e. The van der Waals surface area contributed by atoms with Crippen molar-refractivity contribution >= 4 is 11.8 Å². The predicted octanol–water partition coefficient (Wildman–Crippen LogP) is 2.72. The summed E-state index contributed by atoms with van der Waals surface area (Å²) in [5, 5.41) is 0.785. The maximum absolute atomic E-state index is 6.08. The number of thioether (sulfide) groups is 1. The summed E-state index contributed by atoms with van der Waals surface area (Å²) in [7, 11) is 2.31. The Morgan fingerprint density at radius 2 is 2.00 bits per heavy atom. The van der Waals surface area contributed by atoms with Crippen LogP contribution in [0.25, 0.3) is 0 Å². The molecule has 3 heteroatoms. The molecule has 100 valence electrons. The van der Waals surface area contributed by atoms with Crippen molar-refractivity contribution < 1.29 is 0 Å². The number of hydrogen-bond acceptors (Lipinski definition) is 3. The first-order valence-electron chi connectivity index (χ1n) is 7.19. The third-order valence-corrected chi connectivity index (χ3v) is 6.19. The molecule has 0 aromatic rings. The van der Waals surface area contributed by atoms with Gasteiger partial charge in [0.15, 0.2) is 0 Å². The molecule has 2 rings (SSSR count). The van der Waals surface area contributed by atoms with E-state index in [9.17, 15) is 0 Å². The van der Waals surface area contributed by atoms with Crippen LogP contribution in [0.2, 0.25) is 0 Å². The van der Waals surface area contributed by atoms with E-state index in [1.807, 2.05) is 0 Å². The van der Waals surface area contributed by atoms with Gasteiger partial charge in [0.1, 0.15) is 0 Å². The van der Waals surface area contributed by atoms with Gasteiger partial charge in [0.25, 0.3) is 0 Å². The summed E-state index contributed by atoms with van der Waals surface area (Å²) in [5.41, 5.74) is 6.38. The fourth-order valence-electron chi connectivity index (χ4n) is 3.47. The van der Waals surface area contributed by atoms with Gasteiger partial charge in [0.2, 0.25) is 0 Å². The lowest BCUT2D eigenvalue weighted by Gasteiger charge is -2.40. The van der Waals surface area contributed by atoms with E-state index in [4.69, 9.17) is 5.73 Å². The SMILES string of the molecule is CC1CC(CN)(N(C)CC2CCCCC2)CS1. The molecular formula is C14H28N2S. The van der Waals surface area contributed by atoms with Crippen LogP contribution in [0.5, 0.6) is 0 Å². The molecule has 2 aliphatic rings. The van der Waals surface area contributed by atoms with Crippen LogP contribution in [-0.4, -0.2) is 41.6 Å². The molecule has 2 atom stereocenters. The molecule has 1 aliphatic carbocycles. The third kappa shape index (κ3) is 3.18. The van der Waals surface area contributed by atoms with E-state index in [-0.39, 0.29) is 0 Å². The molecule has 1 saturated heterocycles. The Labute approximate surface area is 111 Å². The van der Waals surface area contributed by atoms with Gasteiger partial charge in [0.05, 0.1) is 0 Å². The average molecular weight is 256 g/mol. The van der Waals surface area contributed by atoms with Crippen LogP contribution in [-0.2, 0) is 0 Å². The summed E-state index contributed by atoms with van der Waals surface area (Å²) < 4.78 is 0. The van der Waals surface area contributed by atoms with Crippen LogP contribution in [0.4, 0.5) is 0 Å². The molecular weight excluding hydrogens is 228 g/mol. The van der Waals surface area contributed by atoms with Crippen LogP contribution in [0.3, 0.4) is 0 Å². The topological polar surface area (TPSA) is 29.3 Å². The van der Waals surface area contributed by atoms with Gasteiger partial charge in [-0.25, -0.2) is 0 Å². The molecule has 0 aromatic carbocycles. The molecule has 1 saturated carbocycles. The van der Waals surface area contributed by atoms with Crippen molar-refractivity contribution in [3.05, 3.63) is 0 Å². The van der Waals surface area contributed by atoms with Crippen LogP contribution in [0, 0.1) is 5.92 Å². The summed E-state index contributed by atoms with van der Waals surface area (Å²) in [6.45, 7) is 4.44. The summed E-state index contributed by atoms with van der Waals surface area (Å²) in [5.74, 6) is 2.16. The van der Waals surface area contributed by atoms with Crippen molar-refractivity contribution in [1.82, 2.24) is 4.90 Å². The van der Waals surface area contributed by atoms with Crippen LogP contribution < -0.4 is 5.73 Å². The minimum absolute atomic E-state index is 0.293. The second kappa shape index (κ2) is 5.94. The molecule has 2 N–H and O–H groups in total. The van der Waals surface area contributed by atoms with Gasteiger partial charge in [0, 0.05) is 29.6 Å². The van der Waals surface area contributed by atoms with E-state index in [0.29, 0.717) is 5.54 Å². The number of likely N-dealkylation sites (N-methyl/N-ethyl adjacent to an activating group) is 1. The first kappa shape index (κ1) is 13.7. The normalized spacial score (nSPS) is 35.6. The Bertz CT molecular complexity index is 240. The van der Waals surface area contributed by atoms with Crippen molar-refractivity contribution in [3.8, 4) is 0 Å². The van der Waals surface area contributed by atoms with Gasteiger partial charge < -0.3 is 5.73 Å². The summed E-state index contributed by atoms with van der Waals surface area (Å²) in [6.07, 6.45) is 8.49. The first-order valence-corrected chi connectivity index (χ1v) is 8.24. The minimum atomic E-state index is 0.293. The predicted molar refractivity (Wildman–Crippen MR) is 77.5 cm³/mol. The van der Waals surface area contributed by atoms with Gasteiger partial charge in [-0.2, -0.15) is 11.8 Å². The summed E-state index contributed by atoms with van der Waals surface area (Å²) in [6, 6.07) is 0. The van der Waals surface area contributed by atoms with Crippen molar-refractivity contribution in [2.24, 2.45) is 11.7 Å². The Hall–Kier alpha value is 0.270. The number of hydrogen-bond donors (Lipinski definition) is 1. The molecule has 2 nitrogen and oxygen atoms in total. The molecule has 0 aromatic heterocycles. The Balaban J connectivity index is 1.90. The number of nitrogens with zero attached hydrogens (tertiary/aromatic N) is 1. The second-order valence-corrected chi connectivity index (χ2v) is 7.57. The highest BCUT2D eigenvalue weighted by molar-refractivity contribution is 8.00. The van der Waals surface area contributed by atoms with Gasteiger partial charge in [-0.05, 0) is 32.2 Å². The van der Waals surface area contributed by atoms with Crippen molar-refractivity contribution in [3.63, 3.8) is 0 Å². The summed E-state index contributed by atoms with van der Waals surface area (Å²) >= 11 is 2.10. The smallest absolute Gasteiger partial charge is 0.0429 e. The molecule has 0 amide bonds. The number of rotatable bonds is 4. The van der Waals surface area contributed by atoms with E-state index in [0.717, 1.165) is 17.7 Å². The van der Waals surface area contributed by atoms with Crippen molar-refractivity contribution in [2.45, 2.75) is 56.2 Å². The molecule has 0 spiro atoms. The molecule has 2 unspecified atom stereocenters. The van der Waals surface area contributed by atoms with Crippen LogP contribution in [0.1, 0.15) is 45.4 Å². The molecule has 1 heterocycles. The van der Waals surface area contributed by atoms with E-state index in [1.54, 1.807) is 0 Å². The molecule has 17 heavy (non-hydrogen) atoms. The Morgan fingerprint density at radius 3 is 2.53 bits per heavy atom. The lowest BCUT2D eigenvalue weighted by Crippen LogP contribution is -2.54. The number of nitrogens with two attached hydrogens (primary N) is 1. The highest BCUT2D eigenvalue weighted by atomic mass is 32.2. The standard InChI is InChI=1S/C14H28N2S/c1-12-8-14(10-15,11-17-12)16(2)9-13-6-4-3-5-7-13/h12-13H,3-11,15H2,1-2H3. The average Bonchev–Trinajstić information content (AvgIpc) is 2.73. The van der Waals surface area contributed by atoms with Crippen LogP contribution in [0.15, 0.2) is 0 Å². The Morgan fingerprint density at radius 1 is 1.29 bits per heavy atom. The van der Waals surface area contributed by atoms with Crippen molar-refractivity contribution in [1.29, 1.82) is 0 Å². The summed E-state index contributed by atoms with van der Waals surface area (Å²) in [4.78, 5) is 2.60. The highest BCUT2D eigenvalue weighted by Gasteiger charge is 2.40. The maximum atomic E-state index is 6.08. The molecule has 2 fully saturated rings. The first-order chi connectivity index (χ1) is 8.16. The zero-order valence-corrected chi connectivity index (χ0v) is 12.3. The van der Waals surface area contributed by atoms with E-state index < -0.39 is 0 Å². The lowest BCUT2D eigenvalue weighted by molar-refractivity contribution is 0.112. The monoisotopic (exact) mass is 256 g/mol. The van der Waals surface area contributed by atoms with Crippen molar-refractivity contribution in [2.75, 3.05) is 25.9 Å². The van der Waals surface area contributed by atoms with Crippen LogP contribution >= 0.6 is 11.8 Å². The fraction of sp³-hybridized carbons (Fsp3) is 1.00. The zero-order valence-electron chi connectivity index (χ0n) is 11.5. The molecule has 0 radical (unpaired) electrons. The quantitative estimate of drug-likeness (QED) is 0.838. The van der Waals surface area contributed by atoms with Gasteiger partial charge in [-0.1, -0.05) is 26.2 Å². The fourth-order valence-corrected chi connectivity index (χ4v) is 4.94. The van der Waals surface area contributed by atoms with Gasteiger partial charge in [-0.15, -0.1) is 0 Å². The largest absolute Gasteiger partial charge is 0.329 e. The van der Waals surface area contributed by atoms with E-state index in [1.165, 1.54) is 50.8 Å². The Kier molecular flexibility index (Phi) is 4.79. The third-order valence-electron chi connectivity index (χ3n) is 4.75. The molecule has 1 aliphatic heterocycles. The maximum Gasteiger partial charge on any atom is 0.0429 e. The lowest BCUT2D eigenvalue weighted by atomic mass is 9.86. The van der Waals surface area contributed by atoms with E-state index in [2.05, 4.69) is 30.6 Å². The van der Waals surface area contributed by atoms with Gasteiger partial charge in [-0.3, -0.25) is 4.90 Å². The van der Waals surface area contributed by atoms with Gasteiger partial charge >= 0.3 is 0 Å². The molecule has 0 bridgehead atoms. The second-order valence-electron chi connectivity index (χ2n) is 6.14. The van der Waals surface area contributed by atoms with E-state index >= 15 is 0 Å². The highest BCUT2D eigenvalue weighted by Crippen LogP contribution is 2.38.